The second kappa shape index (κ2) is 6.41. The maximum Gasteiger partial charge on any atom is 0.0945 e. The van der Waals surface area contributed by atoms with Gasteiger partial charge in [0, 0.05) is 31.4 Å². The predicted molar refractivity (Wildman–Crippen MR) is 71.3 cm³/mol. The van der Waals surface area contributed by atoms with E-state index in [4.69, 9.17) is 11.6 Å². The summed E-state index contributed by atoms with van der Waals surface area (Å²) in [5, 5.41) is 3.56. The van der Waals surface area contributed by atoms with Crippen LogP contribution >= 0.6 is 11.6 Å². The average Bonchev–Trinajstić information content (AvgIpc) is 3.00. The van der Waals surface area contributed by atoms with Gasteiger partial charge >= 0.3 is 0 Å². The number of nitrogens with one attached hydrogen (secondary N) is 1. The van der Waals surface area contributed by atoms with E-state index in [1.165, 1.54) is 25.7 Å². The molecule has 0 aromatic carbocycles. The van der Waals surface area contributed by atoms with Gasteiger partial charge in [0.2, 0.25) is 0 Å². The van der Waals surface area contributed by atoms with E-state index in [2.05, 4.69) is 14.9 Å². The first-order valence-corrected chi connectivity index (χ1v) is 7.11. The molecular weight excluding hydrogens is 234 g/mol. The molecule has 0 atom stereocenters. The molecule has 0 aliphatic heterocycles. The predicted octanol–water partition coefficient (Wildman–Crippen LogP) is 2.66. The van der Waals surface area contributed by atoms with E-state index in [1.54, 1.807) is 0 Å². The summed E-state index contributed by atoms with van der Waals surface area (Å²) in [7, 11) is 0. The van der Waals surface area contributed by atoms with Crippen LogP contribution in [0.15, 0.2) is 18.7 Å². The van der Waals surface area contributed by atoms with Crippen LogP contribution < -0.4 is 5.32 Å². The van der Waals surface area contributed by atoms with Gasteiger partial charge in [0.25, 0.3) is 0 Å². The van der Waals surface area contributed by atoms with Gasteiger partial charge in [-0.05, 0) is 31.2 Å². The summed E-state index contributed by atoms with van der Waals surface area (Å²) < 4.78 is 2.12. The van der Waals surface area contributed by atoms with Crippen LogP contribution in [0.3, 0.4) is 0 Å². The van der Waals surface area contributed by atoms with Crippen molar-refractivity contribution >= 4 is 11.6 Å². The maximum atomic E-state index is 6.11. The molecule has 1 saturated carbocycles. The zero-order valence-electron chi connectivity index (χ0n) is 10.4. The van der Waals surface area contributed by atoms with Crippen molar-refractivity contribution in [2.75, 3.05) is 19.0 Å². The Morgan fingerprint density at radius 3 is 2.82 bits per heavy atom. The van der Waals surface area contributed by atoms with Gasteiger partial charge in [0.1, 0.15) is 0 Å². The molecule has 1 N–H and O–H groups in total. The molecule has 4 heteroatoms. The Kier molecular flexibility index (Phi) is 4.86. The van der Waals surface area contributed by atoms with Gasteiger partial charge in [0.15, 0.2) is 0 Å². The number of hydrogen-bond donors (Lipinski definition) is 1. The molecule has 0 unspecified atom stereocenters. The van der Waals surface area contributed by atoms with E-state index in [1.807, 2.05) is 18.7 Å². The first-order valence-electron chi connectivity index (χ1n) is 6.57. The summed E-state index contributed by atoms with van der Waals surface area (Å²) in [6, 6.07) is 0. The Balaban J connectivity index is 1.59. The summed E-state index contributed by atoms with van der Waals surface area (Å²) in [6.45, 7) is 3.19. The number of aryl methyl sites for hydroxylation is 1. The minimum atomic E-state index is 0.385. The number of aromatic nitrogens is 2. The third kappa shape index (κ3) is 3.71. The highest BCUT2D eigenvalue weighted by Gasteiger charge is 2.32. The van der Waals surface area contributed by atoms with Crippen molar-refractivity contribution in [3.63, 3.8) is 0 Å². The molecule has 96 valence electrons. The lowest BCUT2D eigenvalue weighted by Gasteiger charge is -2.26. The molecule has 1 aromatic heterocycles. The lowest BCUT2D eigenvalue weighted by Crippen LogP contribution is -2.34. The molecular formula is C13H22ClN3. The summed E-state index contributed by atoms with van der Waals surface area (Å²) in [6.07, 6.45) is 12.2. The zero-order valence-corrected chi connectivity index (χ0v) is 11.1. The highest BCUT2D eigenvalue weighted by molar-refractivity contribution is 6.18. The van der Waals surface area contributed by atoms with Crippen LogP contribution in [-0.4, -0.2) is 28.5 Å². The number of alkyl halides is 1. The molecule has 0 saturated heterocycles. The molecule has 3 nitrogen and oxygen atoms in total. The SMILES string of the molecule is ClCC1(CNCCCn2ccnc2)CCCC1. The van der Waals surface area contributed by atoms with Crippen LogP contribution in [0.4, 0.5) is 0 Å². The highest BCUT2D eigenvalue weighted by Crippen LogP contribution is 2.38. The monoisotopic (exact) mass is 255 g/mol. The molecule has 0 bridgehead atoms. The third-order valence-corrected chi connectivity index (χ3v) is 4.34. The van der Waals surface area contributed by atoms with Crippen LogP contribution in [0.5, 0.6) is 0 Å². The number of rotatable bonds is 7. The van der Waals surface area contributed by atoms with E-state index in [-0.39, 0.29) is 0 Å². The van der Waals surface area contributed by atoms with Crippen molar-refractivity contribution in [3.8, 4) is 0 Å². The minimum Gasteiger partial charge on any atom is -0.337 e. The van der Waals surface area contributed by atoms with Gasteiger partial charge in [-0.3, -0.25) is 0 Å². The van der Waals surface area contributed by atoms with Crippen molar-refractivity contribution in [2.45, 2.75) is 38.6 Å². The first kappa shape index (κ1) is 12.9. The number of nitrogens with zero attached hydrogens (tertiary/aromatic N) is 2. The Hall–Kier alpha value is -0.540. The largest absolute Gasteiger partial charge is 0.337 e. The van der Waals surface area contributed by atoms with Crippen molar-refractivity contribution in [1.29, 1.82) is 0 Å². The summed E-state index contributed by atoms with van der Waals surface area (Å²) >= 11 is 6.11. The molecule has 0 radical (unpaired) electrons. The molecule has 17 heavy (non-hydrogen) atoms. The van der Waals surface area contributed by atoms with E-state index in [0.29, 0.717) is 5.41 Å². The van der Waals surface area contributed by atoms with Crippen molar-refractivity contribution < 1.29 is 0 Å². The van der Waals surface area contributed by atoms with Crippen LogP contribution in [0.1, 0.15) is 32.1 Å². The van der Waals surface area contributed by atoms with Crippen LogP contribution in [0.2, 0.25) is 0 Å². The van der Waals surface area contributed by atoms with Gasteiger partial charge in [-0.25, -0.2) is 4.98 Å². The quantitative estimate of drug-likeness (QED) is 0.600. The Morgan fingerprint density at radius 2 is 2.18 bits per heavy atom. The van der Waals surface area contributed by atoms with Crippen LogP contribution in [-0.2, 0) is 6.54 Å². The highest BCUT2D eigenvalue weighted by atomic mass is 35.5. The fourth-order valence-electron chi connectivity index (χ4n) is 2.64. The lowest BCUT2D eigenvalue weighted by atomic mass is 9.88. The van der Waals surface area contributed by atoms with Crippen molar-refractivity contribution in [2.24, 2.45) is 5.41 Å². The van der Waals surface area contributed by atoms with Crippen molar-refractivity contribution in [1.82, 2.24) is 14.9 Å². The molecule has 0 spiro atoms. The Bertz CT molecular complexity index is 304. The first-order chi connectivity index (χ1) is 8.35. The molecule has 1 aromatic rings. The van der Waals surface area contributed by atoms with Crippen molar-refractivity contribution in [3.05, 3.63) is 18.7 Å². The van der Waals surface area contributed by atoms with Crippen LogP contribution in [0, 0.1) is 5.41 Å². The summed E-state index contributed by atoms with van der Waals surface area (Å²) in [4.78, 5) is 4.03. The number of halogens is 1. The Morgan fingerprint density at radius 1 is 1.35 bits per heavy atom. The Labute approximate surface area is 109 Å². The second-order valence-electron chi connectivity index (χ2n) is 5.17. The van der Waals surface area contributed by atoms with Gasteiger partial charge in [-0.1, -0.05) is 12.8 Å². The van der Waals surface area contributed by atoms with Gasteiger partial charge < -0.3 is 9.88 Å². The number of hydrogen-bond acceptors (Lipinski definition) is 2. The second-order valence-corrected chi connectivity index (χ2v) is 5.44. The molecule has 1 aliphatic carbocycles. The topological polar surface area (TPSA) is 29.9 Å². The van der Waals surface area contributed by atoms with Crippen LogP contribution in [0.25, 0.3) is 0 Å². The number of imidazole rings is 1. The summed E-state index contributed by atoms with van der Waals surface area (Å²) in [5.74, 6) is 0.807. The van der Waals surface area contributed by atoms with E-state index >= 15 is 0 Å². The van der Waals surface area contributed by atoms with E-state index in [0.717, 1.165) is 31.9 Å². The third-order valence-electron chi connectivity index (χ3n) is 3.78. The molecule has 1 heterocycles. The minimum absolute atomic E-state index is 0.385. The molecule has 1 aliphatic rings. The molecule has 2 rings (SSSR count). The standard InChI is InChI=1S/C13H22ClN3/c14-10-13(4-1-2-5-13)11-15-6-3-8-17-9-7-16-12-17/h7,9,12,15H,1-6,8,10-11H2. The molecule has 1 fully saturated rings. The fourth-order valence-corrected chi connectivity index (χ4v) is 3.00. The average molecular weight is 256 g/mol. The molecule has 0 amide bonds. The van der Waals surface area contributed by atoms with E-state index in [9.17, 15) is 0 Å². The van der Waals surface area contributed by atoms with Gasteiger partial charge in [0.05, 0.1) is 6.33 Å². The van der Waals surface area contributed by atoms with Gasteiger partial charge in [-0.15, -0.1) is 11.6 Å². The van der Waals surface area contributed by atoms with E-state index < -0.39 is 0 Å². The maximum absolute atomic E-state index is 6.11. The normalized spacial score (nSPS) is 18.6. The summed E-state index contributed by atoms with van der Waals surface area (Å²) in [5.41, 5.74) is 0.385. The lowest BCUT2D eigenvalue weighted by molar-refractivity contribution is 0.319. The smallest absolute Gasteiger partial charge is 0.0945 e. The zero-order chi connectivity index (χ0) is 12.0. The fraction of sp³-hybridized carbons (Fsp3) is 0.769. The van der Waals surface area contributed by atoms with Gasteiger partial charge in [-0.2, -0.15) is 0 Å².